The summed E-state index contributed by atoms with van der Waals surface area (Å²) in [5.41, 5.74) is 1.14. The van der Waals surface area contributed by atoms with Gasteiger partial charge in [-0.05, 0) is 46.5 Å². The van der Waals surface area contributed by atoms with Gasteiger partial charge >= 0.3 is 0 Å². The van der Waals surface area contributed by atoms with Crippen molar-refractivity contribution in [3.8, 4) is 11.5 Å². The maximum atomic E-state index is 8.95. The lowest BCUT2D eigenvalue weighted by atomic mass is 10.1. The molecule has 2 rings (SSSR count). The normalized spacial score (nSPS) is 14.8. The zero-order valence-electron chi connectivity index (χ0n) is 10.4. The van der Waals surface area contributed by atoms with Crippen LogP contribution >= 0.6 is 15.9 Å². The Kier molecular flexibility index (Phi) is 4.86. The summed E-state index contributed by atoms with van der Waals surface area (Å²) in [5, 5.41) is 12.4. The summed E-state index contributed by atoms with van der Waals surface area (Å²) in [6, 6.07) is 4.37. The molecular formula is C13H18BrNO3. The van der Waals surface area contributed by atoms with Gasteiger partial charge in [-0.2, -0.15) is 0 Å². The molecule has 0 aliphatic carbocycles. The Bertz CT molecular complexity index is 411. The topological polar surface area (TPSA) is 50.7 Å². The molecule has 0 fully saturated rings. The van der Waals surface area contributed by atoms with E-state index < -0.39 is 0 Å². The Labute approximate surface area is 115 Å². The summed E-state index contributed by atoms with van der Waals surface area (Å²) in [7, 11) is 0. The molecule has 0 radical (unpaired) electrons. The van der Waals surface area contributed by atoms with Crippen LogP contribution in [0.5, 0.6) is 11.5 Å². The lowest BCUT2D eigenvalue weighted by Gasteiger charge is -2.16. The lowest BCUT2D eigenvalue weighted by molar-refractivity contribution is 0.173. The van der Waals surface area contributed by atoms with Crippen molar-refractivity contribution in [2.24, 2.45) is 0 Å². The highest BCUT2D eigenvalue weighted by Crippen LogP contribution is 2.39. The molecule has 0 spiro atoms. The number of halogens is 1. The molecule has 1 aromatic carbocycles. The van der Waals surface area contributed by atoms with E-state index in [4.69, 9.17) is 14.6 Å². The molecule has 4 nitrogen and oxygen atoms in total. The highest BCUT2D eigenvalue weighted by Gasteiger charge is 2.18. The van der Waals surface area contributed by atoms with Crippen molar-refractivity contribution in [1.82, 2.24) is 5.32 Å². The second-order valence-electron chi connectivity index (χ2n) is 4.31. The van der Waals surface area contributed by atoms with Crippen LogP contribution in [0.4, 0.5) is 0 Å². The van der Waals surface area contributed by atoms with Crippen LogP contribution in [-0.2, 0) is 6.54 Å². The van der Waals surface area contributed by atoms with Crippen LogP contribution < -0.4 is 14.8 Å². The second kappa shape index (κ2) is 6.41. The highest BCUT2D eigenvalue weighted by molar-refractivity contribution is 9.10. The van der Waals surface area contributed by atoms with Crippen LogP contribution in [0.3, 0.4) is 0 Å². The Hall–Kier alpha value is -0.780. The number of hydrogen-bond acceptors (Lipinski definition) is 4. The molecule has 2 N–H and O–H groups in total. The maximum Gasteiger partial charge on any atom is 0.231 e. The van der Waals surface area contributed by atoms with E-state index in [0.717, 1.165) is 40.9 Å². The van der Waals surface area contributed by atoms with Gasteiger partial charge in [0.25, 0.3) is 0 Å². The Balaban J connectivity index is 1.99. The van der Waals surface area contributed by atoms with Crippen LogP contribution in [0.1, 0.15) is 25.3 Å². The highest BCUT2D eigenvalue weighted by atomic mass is 79.9. The minimum Gasteiger partial charge on any atom is -0.454 e. The summed E-state index contributed by atoms with van der Waals surface area (Å²) in [4.78, 5) is 0. The molecule has 1 unspecified atom stereocenters. The van der Waals surface area contributed by atoms with Crippen molar-refractivity contribution >= 4 is 15.9 Å². The van der Waals surface area contributed by atoms with Crippen LogP contribution in [-0.4, -0.2) is 24.5 Å². The van der Waals surface area contributed by atoms with Crippen LogP contribution in [0, 0.1) is 0 Å². The van der Waals surface area contributed by atoms with Gasteiger partial charge in [0.15, 0.2) is 11.5 Å². The molecule has 1 aliphatic heterocycles. The van der Waals surface area contributed by atoms with Crippen molar-refractivity contribution in [2.45, 2.75) is 32.4 Å². The van der Waals surface area contributed by atoms with Gasteiger partial charge in [-0.15, -0.1) is 0 Å². The minimum atomic E-state index is 0.219. The summed E-state index contributed by atoms with van der Waals surface area (Å²) in [6.45, 7) is 3.37. The van der Waals surface area contributed by atoms with Gasteiger partial charge in [0.05, 0.1) is 4.47 Å². The molecule has 0 bridgehead atoms. The van der Waals surface area contributed by atoms with Gasteiger partial charge < -0.3 is 19.9 Å². The van der Waals surface area contributed by atoms with Crippen molar-refractivity contribution in [3.63, 3.8) is 0 Å². The third-order valence-electron chi connectivity index (χ3n) is 3.05. The fraction of sp³-hybridized carbons (Fsp3) is 0.538. The molecule has 0 aromatic heterocycles. The quantitative estimate of drug-likeness (QED) is 0.846. The fourth-order valence-electron chi connectivity index (χ4n) is 1.99. The predicted octanol–water partition coefficient (Wildman–Crippen LogP) is 2.43. The van der Waals surface area contributed by atoms with E-state index in [2.05, 4.69) is 28.2 Å². The number of fused-ring (bicyclic) bond motifs is 1. The number of aliphatic hydroxyl groups excluding tert-OH is 1. The van der Waals surface area contributed by atoms with E-state index >= 15 is 0 Å². The number of hydrogen-bond donors (Lipinski definition) is 2. The number of aliphatic hydroxyl groups is 1. The van der Waals surface area contributed by atoms with Crippen LogP contribution in [0.25, 0.3) is 0 Å². The summed E-state index contributed by atoms with van der Waals surface area (Å²) in [6.07, 6.45) is 1.79. The van der Waals surface area contributed by atoms with Gasteiger partial charge in [-0.1, -0.05) is 6.92 Å². The summed E-state index contributed by atoms with van der Waals surface area (Å²) in [5.74, 6) is 1.57. The average molecular weight is 316 g/mol. The van der Waals surface area contributed by atoms with Crippen molar-refractivity contribution < 1.29 is 14.6 Å². The number of nitrogens with one attached hydrogen (secondary N) is 1. The zero-order valence-corrected chi connectivity index (χ0v) is 12.0. The Morgan fingerprint density at radius 3 is 3.00 bits per heavy atom. The zero-order chi connectivity index (χ0) is 13.0. The van der Waals surface area contributed by atoms with Gasteiger partial charge in [0.1, 0.15) is 0 Å². The SMILES string of the molecule is CCC(CCO)NCc1cc(Br)c2c(c1)OCO2. The molecule has 1 aromatic rings. The summed E-state index contributed by atoms with van der Waals surface area (Å²) < 4.78 is 11.6. The summed E-state index contributed by atoms with van der Waals surface area (Å²) >= 11 is 3.48. The van der Waals surface area contributed by atoms with Crippen LogP contribution in [0.15, 0.2) is 16.6 Å². The number of rotatable bonds is 6. The molecule has 100 valence electrons. The number of ether oxygens (including phenoxy) is 2. The molecule has 1 aliphatic rings. The molecule has 1 heterocycles. The standard InChI is InChI=1S/C13H18BrNO3/c1-2-10(3-4-16)15-7-9-5-11(14)13-12(6-9)17-8-18-13/h5-6,10,15-16H,2-4,7-8H2,1H3. The average Bonchev–Trinajstić information content (AvgIpc) is 2.83. The molecule has 0 saturated heterocycles. The second-order valence-corrected chi connectivity index (χ2v) is 5.16. The first-order chi connectivity index (χ1) is 8.74. The molecule has 0 amide bonds. The van der Waals surface area contributed by atoms with E-state index in [1.165, 1.54) is 0 Å². The van der Waals surface area contributed by atoms with Crippen molar-refractivity contribution in [3.05, 3.63) is 22.2 Å². The van der Waals surface area contributed by atoms with E-state index in [-0.39, 0.29) is 13.4 Å². The molecule has 5 heteroatoms. The molecular weight excluding hydrogens is 298 g/mol. The van der Waals surface area contributed by atoms with Gasteiger partial charge in [-0.3, -0.25) is 0 Å². The third-order valence-corrected chi connectivity index (χ3v) is 3.64. The fourth-order valence-corrected chi connectivity index (χ4v) is 2.60. The third kappa shape index (κ3) is 3.16. The lowest BCUT2D eigenvalue weighted by Crippen LogP contribution is -2.28. The molecule has 0 saturated carbocycles. The van der Waals surface area contributed by atoms with E-state index in [9.17, 15) is 0 Å². The van der Waals surface area contributed by atoms with E-state index in [0.29, 0.717) is 6.04 Å². The first-order valence-electron chi connectivity index (χ1n) is 6.16. The first-order valence-corrected chi connectivity index (χ1v) is 6.96. The van der Waals surface area contributed by atoms with E-state index in [1.54, 1.807) is 0 Å². The molecule has 1 atom stereocenters. The van der Waals surface area contributed by atoms with Crippen molar-refractivity contribution in [1.29, 1.82) is 0 Å². The number of benzene rings is 1. The van der Waals surface area contributed by atoms with E-state index in [1.807, 2.05) is 12.1 Å². The first kappa shape index (κ1) is 13.6. The largest absolute Gasteiger partial charge is 0.454 e. The Morgan fingerprint density at radius 1 is 1.44 bits per heavy atom. The van der Waals surface area contributed by atoms with Gasteiger partial charge in [0, 0.05) is 19.2 Å². The monoisotopic (exact) mass is 315 g/mol. The maximum absolute atomic E-state index is 8.95. The van der Waals surface area contributed by atoms with Crippen LogP contribution in [0.2, 0.25) is 0 Å². The smallest absolute Gasteiger partial charge is 0.231 e. The predicted molar refractivity (Wildman–Crippen MR) is 72.9 cm³/mol. The van der Waals surface area contributed by atoms with Crippen molar-refractivity contribution in [2.75, 3.05) is 13.4 Å². The van der Waals surface area contributed by atoms with Gasteiger partial charge in [-0.25, -0.2) is 0 Å². The Morgan fingerprint density at radius 2 is 2.28 bits per heavy atom. The minimum absolute atomic E-state index is 0.219. The van der Waals surface area contributed by atoms with Gasteiger partial charge in [0.2, 0.25) is 6.79 Å². The molecule has 18 heavy (non-hydrogen) atoms.